The van der Waals surface area contributed by atoms with Crippen LogP contribution in [0.5, 0.6) is 11.5 Å². The molecular weight excluding hydrogens is 290 g/mol. The van der Waals surface area contributed by atoms with Crippen LogP contribution in [0.3, 0.4) is 0 Å². The van der Waals surface area contributed by atoms with E-state index in [4.69, 9.17) is 9.47 Å². The fraction of sp³-hybridized carbons (Fsp3) is 0.143. The van der Waals surface area contributed by atoms with Gasteiger partial charge in [0, 0.05) is 11.8 Å². The topological polar surface area (TPSA) is 104 Å². The highest BCUT2D eigenvalue weighted by Gasteiger charge is 2.16. The highest BCUT2D eigenvalue weighted by atomic mass is 16.6. The maximum absolute atomic E-state index is 11.8. The Bertz CT molecular complexity index is 690. The summed E-state index contributed by atoms with van der Waals surface area (Å²) in [4.78, 5) is 25.5. The van der Waals surface area contributed by atoms with Crippen molar-refractivity contribution in [2.75, 3.05) is 19.0 Å². The molecule has 114 valence electrons. The Kier molecular flexibility index (Phi) is 4.86. The quantitative estimate of drug-likeness (QED) is 0.646. The molecule has 0 aliphatic heterocycles. The molecule has 0 bridgehead atoms. The summed E-state index contributed by atoms with van der Waals surface area (Å²) in [7, 11) is 1.52. The molecule has 22 heavy (non-hydrogen) atoms. The predicted octanol–water partition coefficient (Wildman–Crippen LogP) is 2.02. The van der Waals surface area contributed by atoms with Crippen molar-refractivity contribution >= 4 is 17.4 Å². The molecule has 8 heteroatoms. The molecule has 0 aliphatic carbocycles. The molecule has 1 amide bonds. The molecular formula is C14H13N3O5. The Hall–Kier alpha value is -3.16. The van der Waals surface area contributed by atoms with Crippen LogP contribution in [0.25, 0.3) is 0 Å². The highest BCUT2D eigenvalue weighted by molar-refractivity contribution is 5.92. The van der Waals surface area contributed by atoms with Gasteiger partial charge in [-0.1, -0.05) is 6.07 Å². The van der Waals surface area contributed by atoms with Crippen LogP contribution in [0.15, 0.2) is 42.6 Å². The summed E-state index contributed by atoms with van der Waals surface area (Å²) in [6.07, 6.45) is 1.28. The van der Waals surface area contributed by atoms with Gasteiger partial charge in [0.2, 0.25) is 5.75 Å². The number of ether oxygens (including phenoxy) is 2. The Balaban J connectivity index is 1.97. The Morgan fingerprint density at radius 1 is 1.36 bits per heavy atom. The molecule has 1 N–H and O–H groups in total. The molecule has 2 rings (SSSR count). The lowest BCUT2D eigenvalue weighted by Crippen LogP contribution is -2.20. The van der Waals surface area contributed by atoms with Crippen molar-refractivity contribution in [1.82, 2.24) is 4.98 Å². The van der Waals surface area contributed by atoms with Gasteiger partial charge in [0.15, 0.2) is 6.61 Å². The summed E-state index contributed by atoms with van der Waals surface area (Å²) < 4.78 is 10.2. The number of amides is 1. The normalized spacial score (nSPS) is 9.86. The molecule has 0 unspecified atom stereocenters. The van der Waals surface area contributed by atoms with Crippen LogP contribution in [0.1, 0.15) is 0 Å². The molecule has 0 saturated carbocycles. The van der Waals surface area contributed by atoms with Gasteiger partial charge >= 0.3 is 5.82 Å². The zero-order valence-corrected chi connectivity index (χ0v) is 11.7. The number of nitrogens with zero attached hydrogens (tertiary/aromatic N) is 2. The van der Waals surface area contributed by atoms with E-state index >= 15 is 0 Å². The molecule has 1 aromatic carbocycles. The van der Waals surface area contributed by atoms with Gasteiger partial charge in [-0.3, -0.25) is 4.79 Å². The number of nitrogens with one attached hydrogen (secondary N) is 1. The van der Waals surface area contributed by atoms with E-state index in [0.717, 1.165) is 0 Å². The van der Waals surface area contributed by atoms with E-state index in [1.807, 2.05) is 0 Å². The van der Waals surface area contributed by atoms with E-state index in [9.17, 15) is 14.9 Å². The minimum Gasteiger partial charge on any atom is -0.497 e. The fourth-order valence-electron chi connectivity index (χ4n) is 1.67. The molecule has 0 aliphatic rings. The standard InChI is InChI=1S/C14H13N3O5/c1-21-11-5-2-4-10(8-11)16-13(18)9-22-12-6-3-7-15-14(12)17(19)20/h2-8H,9H2,1H3,(H,16,18). The first-order valence-electron chi connectivity index (χ1n) is 6.26. The van der Waals surface area contributed by atoms with Gasteiger partial charge < -0.3 is 24.9 Å². The van der Waals surface area contributed by atoms with Crippen LogP contribution in [-0.2, 0) is 4.79 Å². The smallest absolute Gasteiger partial charge is 0.406 e. The zero-order chi connectivity index (χ0) is 15.9. The number of carbonyl (C=O) groups is 1. The number of hydrogen-bond donors (Lipinski definition) is 1. The second-order valence-electron chi connectivity index (χ2n) is 4.15. The minimum atomic E-state index is -0.671. The van der Waals surface area contributed by atoms with Gasteiger partial charge in [0.25, 0.3) is 5.91 Å². The van der Waals surface area contributed by atoms with E-state index < -0.39 is 16.6 Å². The molecule has 0 atom stereocenters. The number of anilines is 1. The lowest BCUT2D eigenvalue weighted by atomic mass is 10.3. The lowest BCUT2D eigenvalue weighted by molar-refractivity contribution is -0.390. The predicted molar refractivity (Wildman–Crippen MR) is 78.0 cm³/mol. The number of pyridine rings is 1. The minimum absolute atomic E-state index is 0.0618. The first-order chi connectivity index (χ1) is 10.6. The molecule has 0 spiro atoms. The molecule has 2 aromatic rings. The summed E-state index contributed by atoms with van der Waals surface area (Å²) in [5.74, 6) is -0.349. The molecule has 0 fully saturated rings. The van der Waals surface area contributed by atoms with Gasteiger partial charge in [-0.2, -0.15) is 0 Å². The van der Waals surface area contributed by atoms with Gasteiger partial charge in [0.1, 0.15) is 11.9 Å². The lowest BCUT2D eigenvalue weighted by Gasteiger charge is -2.08. The van der Waals surface area contributed by atoms with Crippen LogP contribution >= 0.6 is 0 Å². The second kappa shape index (κ2) is 7.02. The molecule has 0 radical (unpaired) electrons. The largest absolute Gasteiger partial charge is 0.497 e. The molecule has 0 saturated heterocycles. The van der Waals surface area contributed by atoms with Crippen molar-refractivity contribution in [3.05, 3.63) is 52.7 Å². The van der Waals surface area contributed by atoms with E-state index in [1.54, 1.807) is 24.3 Å². The van der Waals surface area contributed by atoms with Gasteiger partial charge in [-0.15, -0.1) is 0 Å². The number of aromatic nitrogens is 1. The summed E-state index contributed by atoms with van der Waals surface area (Å²) in [5, 5.41) is 13.4. The van der Waals surface area contributed by atoms with Crippen molar-refractivity contribution < 1.29 is 19.2 Å². The van der Waals surface area contributed by atoms with Crippen LogP contribution in [0.4, 0.5) is 11.5 Å². The summed E-state index contributed by atoms with van der Waals surface area (Å²) >= 11 is 0. The summed E-state index contributed by atoms with van der Waals surface area (Å²) in [6, 6.07) is 9.66. The first kappa shape index (κ1) is 15.2. The monoisotopic (exact) mass is 303 g/mol. The van der Waals surface area contributed by atoms with E-state index in [-0.39, 0.29) is 12.4 Å². The van der Waals surface area contributed by atoms with Crippen LogP contribution in [0, 0.1) is 10.1 Å². The average molecular weight is 303 g/mol. The third-order valence-corrected chi connectivity index (χ3v) is 2.64. The fourth-order valence-corrected chi connectivity index (χ4v) is 1.67. The SMILES string of the molecule is COc1cccc(NC(=O)COc2cccnc2[N+](=O)[O-])c1. The van der Waals surface area contributed by atoms with Crippen molar-refractivity contribution in [1.29, 1.82) is 0 Å². The van der Waals surface area contributed by atoms with Crippen molar-refractivity contribution in [3.8, 4) is 11.5 Å². The second-order valence-corrected chi connectivity index (χ2v) is 4.15. The Morgan fingerprint density at radius 3 is 2.91 bits per heavy atom. The summed E-state index contributed by atoms with van der Waals surface area (Å²) in [5.41, 5.74) is 0.536. The maximum Gasteiger partial charge on any atom is 0.406 e. The van der Waals surface area contributed by atoms with E-state index in [1.165, 1.54) is 25.4 Å². The first-order valence-corrected chi connectivity index (χ1v) is 6.26. The number of benzene rings is 1. The highest BCUT2D eigenvalue weighted by Crippen LogP contribution is 2.23. The van der Waals surface area contributed by atoms with Crippen LogP contribution < -0.4 is 14.8 Å². The number of rotatable bonds is 6. The molecule has 1 aromatic heterocycles. The average Bonchev–Trinajstić information content (AvgIpc) is 2.53. The zero-order valence-electron chi connectivity index (χ0n) is 11.7. The van der Waals surface area contributed by atoms with Crippen molar-refractivity contribution in [2.24, 2.45) is 0 Å². The maximum atomic E-state index is 11.8. The number of methoxy groups -OCH3 is 1. The molecule has 1 heterocycles. The van der Waals surface area contributed by atoms with E-state index in [2.05, 4.69) is 10.3 Å². The number of carbonyl (C=O) groups excluding carboxylic acids is 1. The van der Waals surface area contributed by atoms with Crippen molar-refractivity contribution in [3.63, 3.8) is 0 Å². The van der Waals surface area contributed by atoms with Crippen molar-refractivity contribution in [2.45, 2.75) is 0 Å². The number of nitro groups is 1. The van der Waals surface area contributed by atoms with Crippen LogP contribution in [0.2, 0.25) is 0 Å². The van der Waals surface area contributed by atoms with Crippen LogP contribution in [-0.4, -0.2) is 29.5 Å². The van der Waals surface area contributed by atoms with E-state index in [0.29, 0.717) is 11.4 Å². The number of hydrogen-bond acceptors (Lipinski definition) is 6. The van der Waals surface area contributed by atoms with Gasteiger partial charge in [-0.05, 0) is 34.2 Å². The molecule has 8 nitrogen and oxygen atoms in total. The van der Waals surface area contributed by atoms with Gasteiger partial charge in [-0.25, -0.2) is 0 Å². The van der Waals surface area contributed by atoms with Gasteiger partial charge in [0.05, 0.1) is 7.11 Å². The summed E-state index contributed by atoms with van der Waals surface area (Å²) in [6.45, 7) is -0.371. The third-order valence-electron chi connectivity index (χ3n) is 2.64. The Morgan fingerprint density at radius 2 is 2.18 bits per heavy atom. The third kappa shape index (κ3) is 3.92. The Labute approximate surface area is 125 Å².